The first-order chi connectivity index (χ1) is 23.9. The Morgan fingerprint density at radius 3 is 1.52 bits per heavy atom. The number of alkyl halides is 6. The average molecular weight is 790 g/mol. The summed E-state index contributed by atoms with van der Waals surface area (Å²) in [6, 6.07) is 28.7. The first-order valence-corrected chi connectivity index (χ1v) is 15.7. The molecule has 0 bridgehead atoms. The van der Waals surface area contributed by atoms with Gasteiger partial charge in [0.25, 0.3) is 0 Å². The summed E-state index contributed by atoms with van der Waals surface area (Å²) in [7, 11) is 0. The lowest BCUT2D eigenvalue weighted by Gasteiger charge is -2.10. The smallest absolute Gasteiger partial charge is 0.406 e. The van der Waals surface area contributed by atoms with E-state index in [0.717, 1.165) is 28.4 Å². The number of aromatic nitrogens is 2. The van der Waals surface area contributed by atoms with E-state index in [9.17, 15) is 26.3 Å². The zero-order chi connectivity index (χ0) is 37.8. The fraction of sp³-hybridized carbons (Fsp3) is 0.167. The number of hydrogen-bond acceptors (Lipinski definition) is 7. The number of fused-ring (bicyclic) bond motifs is 2. The maximum Gasteiger partial charge on any atom is 0.573 e. The number of nitrogens with one attached hydrogen (secondary N) is 1. The number of anilines is 3. The van der Waals surface area contributed by atoms with Gasteiger partial charge in [-0.25, -0.2) is 9.97 Å². The molecule has 0 saturated carbocycles. The van der Waals surface area contributed by atoms with Gasteiger partial charge in [-0.1, -0.05) is 66.5 Å². The van der Waals surface area contributed by atoms with E-state index >= 15 is 0 Å². The molecule has 0 atom stereocenters. The number of nitrogens with two attached hydrogens (primary N) is 1. The van der Waals surface area contributed by atoms with E-state index in [1.807, 2.05) is 36.4 Å². The molecule has 4 aromatic carbocycles. The average Bonchev–Trinajstić information content (AvgIpc) is 3.03. The molecule has 0 aliphatic heterocycles. The number of hydrogen-bond donors (Lipinski definition) is 3. The van der Waals surface area contributed by atoms with Gasteiger partial charge in [0, 0.05) is 28.3 Å². The summed E-state index contributed by atoms with van der Waals surface area (Å²) in [5.74, 6) is -0.00986. The predicted octanol–water partition coefficient (Wildman–Crippen LogP) is 12.3. The van der Waals surface area contributed by atoms with Crippen molar-refractivity contribution in [2.24, 2.45) is 0 Å². The number of rotatable bonds is 4. The molecule has 0 saturated heterocycles. The second kappa shape index (κ2) is 19.8. The van der Waals surface area contributed by atoms with Crippen LogP contribution in [0.4, 0.5) is 43.5 Å². The van der Waals surface area contributed by atoms with Gasteiger partial charge >= 0.3 is 12.7 Å². The van der Waals surface area contributed by atoms with Crippen LogP contribution in [0.25, 0.3) is 21.8 Å². The van der Waals surface area contributed by atoms with E-state index in [4.69, 9.17) is 45.6 Å². The number of nitrogen functional groups attached to an aromatic ring is 1. The summed E-state index contributed by atoms with van der Waals surface area (Å²) >= 11 is 17.7. The molecule has 7 nitrogen and oxygen atoms in total. The van der Waals surface area contributed by atoms with E-state index in [1.54, 1.807) is 38.1 Å². The molecular formula is C36H33Cl3F6N4O3. The molecule has 6 rings (SSSR count). The maximum atomic E-state index is 12.1. The number of aliphatic hydroxyl groups is 1. The lowest BCUT2D eigenvalue weighted by Crippen LogP contribution is -2.17. The Bertz CT molecular complexity index is 2000. The molecule has 2 aromatic heterocycles. The molecular weight excluding hydrogens is 757 g/mol. The normalized spacial score (nSPS) is 10.8. The summed E-state index contributed by atoms with van der Waals surface area (Å²) in [6.07, 6.45) is -9.51. The van der Waals surface area contributed by atoms with Crippen molar-refractivity contribution in [2.75, 3.05) is 11.1 Å². The topological polar surface area (TPSA) is 103 Å². The third-order valence-corrected chi connectivity index (χ3v) is 6.60. The quantitative estimate of drug-likeness (QED) is 0.0928. The second-order valence-corrected chi connectivity index (χ2v) is 11.6. The Kier molecular flexibility index (Phi) is 16.5. The maximum absolute atomic E-state index is 12.1. The Labute approximate surface area is 310 Å². The number of nitrogens with zero attached hydrogens (tertiary/aromatic N) is 2. The van der Waals surface area contributed by atoms with E-state index in [0.29, 0.717) is 37.9 Å². The summed E-state index contributed by atoms with van der Waals surface area (Å²) in [5.41, 5.74) is 7.63. The van der Waals surface area contributed by atoms with Gasteiger partial charge in [-0.05, 0) is 98.8 Å². The van der Waals surface area contributed by atoms with Crippen LogP contribution in [0.15, 0.2) is 109 Å². The highest BCUT2D eigenvalue weighted by molar-refractivity contribution is 6.36. The van der Waals surface area contributed by atoms with Crippen molar-refractivity contribution in [1.29, 1.82) is 0 Å². The van der Waals surface area contributed by atoms with Crippen LogP contribution in [0, 0.1) is 0 Å². The zero-order valence-electron chi connectivity index (χ0n) is 26.6. The Morgan fingerprint density at radius 1 is 0.635 bits per heavy atom. The van der Waals surface area contributed by atoms with E-state index in [1.165, 1.54) is 36.4 Å². The van der Waals surface area contributed by atoms with Crippen LogP contribution in [-0.2, 0) is 0 Å². The van der Waals surface area contributed by atoms with Gasteiger partial charge in [0.05, 0.1) is 21.1 Å². The van der Waals surface area contributed by atoms with Gasteiger partial charge < -0.3 is 25.6 Å². The molecule has 0 spiro atoms. The largest absolute Gasteiger partial charge is 0.573 e. The number of ether oxygens (including phenoxy) is 2. The molecule has 16 heteroatoms. The van der Waals surface area contributed by atoms with E-state index in [-0.39, 0.29) is 25.0 Å². The van der Waals surface area contributed by atoms with Crippen LogP contribution in [-0.4, -0.2) is 33.9 Å². The third-order valence-electron chi connectivity index (χ3n) is 5.78. The zero-order valence-corrected chi connectivity index (χ0v) is 28.9. The first-order valence-electron chi connectivity index (χ1n) is 14.6. The van der Waals surface area contributed by atoms with Crippen LogP contribution in [0.1, 0.15) is 21.3 Å². The summed E-state index contributed by atoms with van der Waals surface area (Å²) < 4.78 is 78.5. The van der Waals surface area contributed by atoms with E-state index in [2.05, 4.69) is 24.8 Å². The third kappa shape index (κ3) is 15.7. The molecule has 4 N–H and O–H groups in total. The van der Waals surface area contributed by atoms with Crippen LogP contribution in [0.2, 0.25) is 15.2 Å². The molecule has 6 aromatic rings. The van der Waals surface area contributed by atoms with Gasteiger partial charge in [0.15, 0.2) is 0 Å². The van der Waals surface area contributed by atoms with Gasteiger partial charge in [0.1, 0.15) is 22.5 Å². The molecule has 0 aliphatic rings. The molecule has 0 fully saturated rings. The van der Waals surface area contributed by atoms with Crippen LogP contribution in [0.5, 0.6) is 11.5 Å². The van der Waals surface area contributed by atoms with Crippen molar-refractivity contribution in [3.63, 3.8) is 0 Å². The number of para-hydroxylation sites is 2. The number of aliphatic hydroxyl groups excluding tert-OH is 1. The number of benzene rings is 4. The SMILES string of the molecule is C.CC(C)O.Clc1ccc2cccc(Cl)c2n1.FC(F)(F)Oc1ccc(Nc2ccc3cccc(Cl)c3n2)cc1.Nc1ccc(OC(F)(F)F)cc1. The Balaban J connectivity index is 0.000000274. The lowest BCUT2D eigenvalue weighted by molar-refractivity contribution is -0.275. The van der Waals surface area contributed by atoms with Gasteiger partial charge in [-0.3, -0.25) is 0 Å². The first kappa shape index (κ1) is 43.5. The van der Waals surface area contributed by atoms with Crippen molar-refractivity contribution >= 4 is 73.8 Å². The molecule has 0 unspecified atom stereocenters. The van der Waals surface area contributed by atoms with Crippen molar-refractivity contribution in [3.05, 3.63) is 124 Å². The number of halogens is 9. The fourth-order valence-corrected chi connectivity index (χ4v) is 4.42. The molecule has 278 valence electrons. The van der Waals surface area contributed by atoms with Crippen LogP contribution in [0.3, 0.4) is 0 Å². The number of pyridine rings is 2. The van der Waals surface area contributed by atoms with Crippen LogP contribution >= 0.6 is 34.8 Å². The minimum absolute atomic E-state index is 0. The highest BCUT2D eigenvalue weighted by Gasteiger charge is 2.31. The fourth-order valence-electron chi connectivity index (χ4n) is 3.82. The highest BCUT2D eigenvalue weighted by Crippen LogP contribution is 2.28. The monoisotopic (exact) mass is 788 g/mol. The van der Waals surface area contributed by atoms with Crippen molar-refractivity contribution in [3.8, 4) is 11.5 Å². The van der Waals surface area contributed by atoms with Crippen LogP contribution < -0.4 is 20.5 Å². The molecule has 0 amide bonds. The Hall–Kier alpha value is -4.69. The standard InChI is InChI=1S/C16H10ClF3N2O.C9H5Cl2N.C7H6F3NO.C3H8O.CH4/c17-13-3-1-2-10-4-9-14(22-15(10)13)21-11-5-7-12(8-6-11)23-16(18,19)20;10-7-3-1-2-6-4-5-8(11)12-9(6)7;8-7(9,10)12-6-3-1-5(11)2-4-6;1-3(2)4;/h1-9H,(H,21,22);1-5H;1-4H,11H2;3-4H,1-2H3;1H4. The second-order valence-electron chi connectivity index (χ2n) is 10.4. The van der Waals surface area contributed by atoms with Gasteiger partial charge in [0.2, 0.25) is 0 Å². The van der Waals surface area contributed by atoms with Gasteiger partial charge in [-0.15, -0.1) is 26.3 Å². The molecule has 0 aliphatic carbocycles. The minimum Gasteiger partial charge on any atom is -0.406 e. The molecule has 52 heavy (non-hydrogen) atoms. The molecule has 0 radical (unpaired) electrons. The predicted molar refractivity (Wildman–Crippen MR) is 197 cm³/mol. The summed E-state index contributed by atoms with van der Waals surface area (Å²) in [5, 5.41) is 14.6. The lowest BCUT2D eigenvalue weighted by atomic mass is 10.2. The van der Waals surface area contributed by atoms with Gasteiger partial charge in [-0.2, -0.15) is 0 Å². The van der Waals surface area contributed by atoms with Crippen molar-refractivity contribution in [1.82, 2.24) is 9.97 Å². The van der Waals surface area contributed by atoms with Crippen molar-refractivity contribution < 1.29 is 40.9 Å². The van der Waals surface area contributed by atoms with Crippen molar-refractivity contribution in [2.45, 2.75) is 40.1 Å². The summed E-state index contributed by atoms with van der Waals surface area (Å²) in [4.78, 5) is 8.51. The molecule has 2 heterocycles. The summed E-state index contributed by atoms with van der Waals surface area (Å²) in [6.45, 7) is 3.44. The highest BCUT2D eigenvalue weighted by atomic mass is 35.5. The van der Waals surface area contributed by atoms with E-state index < -0.39 is 12.7 Å². The Morgan fingerprint density at radius 2 is 1.06 bits per heavy atom. The minimum atomic E-state index is -4.70.